The van der Waals surface area contributed by atoms with Gasteiger partial charge in [0.05, 0.1) is 9.68 Å². The maximum absolute atomic E-state index is 13.0. The summed E-state index contributed by atoms with van der Waals surface area (Å²) < 4.78 is 47.2. The number of halogens is 3. The summed E-state index contributed by atoms with van der Waals surface area (Å²) in [6.07, 6.45) is -1.17. The molecule has 0 aliphatic carbocycles. The molecule has 0 saturated carbocycles. The molecule has 1 aromatic heterocycles. The molecule has 0 radical (unpaired) electrons. The van der Waals surface area contributed by atoms with Gasteiger partial charge >= 0.3 is 0 Å². The van der Waals surface area contributed by atoms with Gasteiger partial charge in [-0.1, -0.05) is 15.9 Å². The average Bonchev–Trinajstić information content (AvgIpc) is 1.97. The Labute approximate surface area is 75.8 Å². The molecule has 0 fully saturated rings. The molecule has 0 unspecified atom stereocenters. The van der Waals surface area contributed by atoms with E-state index in [1.165, 1.54) is 0 Å². The number of pyridine rings is 1. The summed E-state index contributed by atoms with van der Waals surface area (Å²) in [5.74, 6) is -3.24. The van der Waals surface area contributed by atoms with Crippen LogP contribution in [0.4, 0.5) is 8.78 Å². The van der Waals surface area contributed by atoms with E-state index >= 15 is 0 Å². The standard InChI is InChI=1S/C7H6BrF2N/c1-7(9,10)5-4-11-3-2-6(5)8/h2-4H,1H3/i2D,3D,4D. The van der Waals surface area contributed by atoms with E-state index in [0.29, 0.717) is 6.92 Å². The van der Waals surface area contributed by atoms with Crippen LogP contribution in [0.3, 0.4) is 0 Å². The minimum absolute atomic E-state index is 0.241. The third-order valence-electron chi connectivity index (χ3n) is 1.05. The highest BCUT2D eigenvalue weighted by molar-refractivity contribution is 9.10. The Morgan fingerprint density at radius 2 is 2.36 bits per heavy atom. The third kappa shape index (κ3) is 1.96. The topological polar surface area (TPSA) is 12.9 Å². The van der Waals surface area contributed by atoms with Gasteiger partial charge in [0, 0.05) is 23.7 Å². The SMILES string of the molecule is [2H]c1nc([2H])c(C(C)(F)F)c(Br)c1[2H]. The monoisotopic (exact) mass is 224 g/mol. The van der Waals surface area contributed by atoms with Gasteiger partial charge in [-0.05, 0) is 6.04 Å². The quantitative estimate of drug-likeness (QED) is 0.715. The van der Waals surface area contributed by atoms with Crippen molar-refractivity contribution in [2.75, 3.05) is 0 Å². The first-order valence-electron chi connectivity index (χ1n) is 4.26. The van der Waals surface area contributed by atoms with Crippen LogP contribution >= 0.6 is 15.9 Å². The van der Waals surface area contributed by atoms with Crippen LogP contribution < -0.4 is 0 Å². The lowest BCUT2D eigenvalue weighted by Gasteiger charge is -2.10. The molecule has 1 nitrogen and oxygen atoms in total. The van der Waals surface area contributed by atoms with Crippen LogP contribution in [0, 0.1) is 0 Å². The summed E-state index contributed by atoms with van der Waals surface area (Å²) in [6, 6.07) is -0.433. The van der Waals surface area contributed by atoms with Crippen molar-refractivity contribution in [2.45, 2.75) is 12.8 Å². The Morgan fingerprint density at radius 3 is 2.91 bits per heavy atom. The van der Waals surface area contributed by atoms with E-state index < -0.39 is 29.9 Å². The number of nitrogens with zero attached hydrogens (tertiary/aromatic N) is 1. The van der Waals surface area contributed by atoms with E-state index in [9.17, 15) is 8.78 Å². The summed E-state index contributed by atoms with van der Waals surface area (Å²) in [7, 11) is 0. The number of aromatic nitrogens is 1. The van der Waals surface area contributed by atoms with Gasteiger partial charge in [-0.3, -0.25) is 4.98 Å². The Balaban J connectivity index is 3.53. The first-order valence-corrected chi connectivity index (χ1v) is 3.56. The Hall–Kier alpha value is -0.510. The van der Waals surface area contributed by atoms with E-state index in [-0.39, 0.29) is 4.47 Å². The fourth-order valence-corrected chi connectivity index (χ4v) is 1.09. The van der Waals surface area contributed by atoms with Crippen molar-refractivity contribution in [3.63, 3.8) is 0 Å². The second-order valence-corrected chi connectivity index (χ2v) is 2.83. The van der Waals surface area contributed by atoms with Crippen LogP contribution in [-0.2, 0) is 5.92 Å². The maximum atomic E-state index is 13.0. The minimum Gasteiger partial charge on any atom is -0.264 e. The molecule has 1 heterocycles. The fraction of sp³-hybridized carbons (Fsp3) is 0.286. The summed E-state index contributed by atoms with van der Waals surface area (Å²) in [4.78, 5) is 3.24. The molecule has 0 atom stereocenters. The molecule has 0 spiro atoms. The number of rotatable bonds is 1. The molecule has 1 rings (SSSR count). The van der Waals surface area contributed by atoms with Crippen molar-refractivity contribution in [3.05, 3.63) is 28.4 Å². The highest BCUT2D eigenvalue weighted by atomic mass is 79.9. The van der Waals surface area contributed by atoms with Gasteiger partial charge < -0.3 is 0 Å². The number of alkyl halides is 2. The molecular weight excluding hydrogens is 216 g/mol. The Morgan fingerprint density at radius 1 is 1.73 bits per heavy atom. The van der Waals surface area contributed by atoms with Crippen molar-refractivity contribution in [2.24, 2.45) is 0 Å². The van der Waals surface area contributed by atoms with Gasteiger partial charge in [0.15, 0.2) is 0 Å². The van der Waals surface area contributed by atoms with Crippen LogP contribution in [0.1, 0.15) is 16.6 Å². The van der Waals surface area contributed by atoms with Gasteiger partial charge in [-0.25, -0.2) is 8.78 Å². The maximum Gasteiger partial charge on any atom is 0.273 e. The van der Waals surface area contributed by atoms with Gasteiger partial charge in [0.2, 0.25) is 0 Å². The van der Waals surface area contributed by atoms with Crippen LogP contribution in [-0.4, -0.2) is 4.98 Å². The molecule has 4 heteroatoms. The molecule has 0 N–H and O–H groups in total. The van der Waals surface area contributed by atoms with Crippen LogP contribution in [0.5, 0.6) is 0 Å². The van der Waals surface area contributed by atoms with Gasteiger partial charge in [-0.2, -0.15) is 0 Å². The summed E-state index contributed by atoms with van der Waals surface area (Å²) in [5.41, 5.74) is -0.654. The van der Waals surface area contributed by atoms with Crippen molar-refractivity contribution < 1.29 is 12.9 Å². The molecule has 0 aliphatic rings. The molecular formula is C7H6BrF2N. The zero-order chi connectivity index (χ0) is 11.1. The van der Waals surface area contributed by atoms with Gasteiger partial charge in [-0.15, -0.1) is 0 Å². The first-order chi connectivity index (χ1) is 6.25. The lowest BCUT2D eigenvalue weighted by molar-refractivity contribution is 0.0163. The van der Waals surface area contributed by atoms with Crippen molar-refractivity contribution in [1.29, 1.82) is 0 Å². The molecule has 1 aromatic rings. The van der Waals surface area contributed by atoms with Crippen LogP contribution in [0.25, 0.3) is 0 Å². The molecule has 11 heavy (non-hydrogen) atoms. The first kappa shape index (κ1) is 5.19. The van der Waals surface area contributed by atoms with Crippen molar-refractivity contribution in [1.82, 2.24) is 4.98 Å². The predicted octanol–water partition coefficient (Wildman–Crippen LogP) is 2.96. The minimum atomic E-state index is -3.24. The van der Waals surface area contributed by atoms with Crippen LogP contribution in [0.15, 0.2) is 22.9 Å². The summed E-state index contributed by atoms with van der Waals surface area (Å²) in [6.45, 7) is 0.621. The Bertz CT molecular complexity index is 378. The molecule has 0 aromatic carbocycles. The zero-order valence-corrected chi connectivity index (χ0v) is 7.17. The highest BCUT2D eigenvalue weighted by Crippen LogP contribution is 2.31. The van der Waals surface area contributed by atoms with E-state index in [2.05, 4.69) is 20.9 Å². The second kappa shape index (κ2) is 2.85. The molecule has 0 aliphatic heterocycles. The van der Waals surface area contributed by atoms with E-state index in [1.807, 2.05) is 0 Å². The van der Waals surface area contributed by atoms with Gasteiger partial charge in [0.25, 0.3) is 5.92 Å². The summed E-state index contributed by atoms with van der Waals surface area (Å²) >= 11 is 2.77. The highest BCUT2D eigenvalue weighted by Gasteiger charge is 2.26. The molecule has 0 amide bonds. The van der Waals surface area contributed by atoms with E-state index in [0.717, 1.165) is 0 Å². The van der Waals surface area contributed by atoms with Crippen LogP contribution in [0.2, 0.25) is 0 Å². The average molecular weight is 225 g/mol. The predicted molar refractivity (Wildman–Crippen MR) is 41.5 cm³/mol. The molecule has 0 bridgehead atoms. The van der Waals surface area contributed by atoms with Crippen molar-refractivity contribution >= 4 is 15.9 Å². The van der Waals surface area contributed by atoms with E-state index in [4.69, 9.17) is 4.11 Å². The lowest BCUT2D eigenvalue weighted by Crippen LogP contribution is -2.07. The number of hydrogen-bond acceptors (Lipinski definition) is 1. The van der Waals surface area contributed by atoms with Gasteiger partial charge in [0.1, 0.15) is 0 Å². The lowest BCUT2D eigenvalue weighted by atomic mass is 10.2. The van der Waals surface area contributed by atoms with E-state index in [1.54, 1.807) is 0 Å². The Kier molecular flexibility index (Phi) is 1.35. The smallest absolute Gasteiger partial charge is 0.264 e. The fourth-order valence-electron chi connectivity index (χ4n) is 0.563. The van der Waals surface area contributed by atoms with Crippen molar-refractivity contribution in [3.8, 4) is 0 Å². The zero-order valence-electron chi connectivity index (χ0n) is 8.58. The third-order valence-corrected chi connectivity index (χ3v) is 1.64. The second-order valence-electron chi connectivity index (χ2n) is 2.04. The largest absolute Gasteiger partial charge is 0.273 e. The summed E-state index contributed by atoms with van der Waals surface area (Å²) in [5, 5.41) is 0. The number of hydrogen-bond donors (Lipinski definition) is 0. The molecule has 0 saturated heterocycles. The molecule has 60 valence electrons. The normalized spacial score (nSPS) is 15.5.